The van der Waals surface area contributed by atoms with Crippen LogP contribution in [-0.4, -0.2) is 27.7 Å². The van der Waals surface area contributed by atoms with Crippen molar-refractivity contribution in [1.82, 2.24) is 14.6 Å². The van der Waals surface area contributed by atoms with E-state index in [2.05, 4.69) is 10.1 Å². The zero-order valence-electron chi connectivity index (χ0n) is 9.83. The second-order valence-electron chi connectivity index (χ2n) is 3.72. The number of carbonyl (C=O) groups excluding carboxylic acids is 1. The number of hydrogen-bond donors (Lipinski definition) is 0. The zero-order chi connectivity index (χ0) is 13.4. The summed E-state index contributed by atoms with van der Waals surface area (Å²) >= 11 is 7.28. The van der Waals surface area contributed by atoms with E-state index in [4.69, 9.17) is 16.3 Å². The van der Waals surface area contributed by atoms with Crippen LogP contribution in [0.3, 0.4) is 0 Å². The standard InChI is InChI=1S/C12H8ClN3O2S/c1-18-12(17)7-3-2-6-16-11(7)14-10(15-16)8-4-5-9(13)19-8/h2-6H,1H3. The third-order valence-electron chi connectivity index (χ3n) is 2.56. The predicted molar refractivity (Wildman–Crippen MR) is 72.6 cm³/mol. The molecule has 0 aliphatic rings. The molecule has 0 aliphatic carbocycles. The van der Waals surface area contributed by atoms with Crippen LogP contribution >= 0.6 is 22.9 Å². The molecule has 3 aromatic heterocycles. The molecule has 0 radical (unpaired) electrons. The number of methoxy groups -OCH3 is 1. The van der Waals surface area contributed by atoms with Crippen LogP contribution in [0.25, 0.3) is 16.3 Å². The molecule has 0 atom stereocenters. The van der Waals surface area contributed by atoms with Gasteiger partial charge in [0.2, 0.25) is 0 Å². The van der Waals surface area contributed by atoms with Gasteiger partial charge in [0, 0.05) is 6.20 Å². The van der Waals surface area contributed by atoms with Gasteiger partial charge in [0.15, 0.2) is 11.5 Å². The van der Waals surface area contributed by atoms with E-state index >= 15 is 0 Å². The SMILES string of the molecule is COC(=O)c1cccn2nc(-c3ccc(Cl)s3)nc12. The van der Waals surface area contributed by atoms with E-state index in [0.29, 0.717) is 21.4 Å². The van der Waals surface area contributed by atoms with Gasteiger partial charge in [-0.1, -0.05) is 11.6 Å². The van der Waals surface area contributed by atoms with E-state index in [0.717, 1.165) is 4.88 Å². The van der Waals surface area contributed by atoms with Crippen molar-refractivity contribution in [2.45, 2.75) is 0 Å². The van der Waals surface area contributed by atoms with Crippen molar-refractivity contribution in [2.24, 2.45) is 0 Å². The largest absolute Gasteiger partial charge is 0.465 e. The molecule has 3 heterocycles. The lowest BCUT2D eigenvalue weighted by Crippen LogP contribution is -2.04. The normalized spacial score (nSPS) is 10.8. The summed E-state index contributed by atoms with van der Waals surface area (Å²) in [5.74, 6) is 0.0991. The van der Waals surface area contributed by atoms with Crippen LogP contribution in [0.2, 0.25) is 4.34 Å². The number of halogens is 1. The highest BCUT2D eigenvalue weighted by molar-refractivity contribution is 7.19. The number of aromatic nitrogens is 3. The molecule has 3 aromatic rings. The fraction of sp³-hybridized carbons (Fsp3) is 0.0833. The number of thiophene rings is 1. The number of rotatable bonds is 2. The van der Waals surface area contributed by atoms with Gasteiger partial charge in [-0.05, 0) is 24.3 Å². The number of esters is 1. The summed E-state index contributed by atoms with van der Waals surface area (Å²) in [6.45, 7) is 0. The highest BCUT2D eigenvalue weighted by Crippen LogP contribution is 2.29. The summed E-state index contributed by atoms with van der Waals surface area (Å²) in [5, 5.41) is 4.32. The monoisotopic (exact) mass is 293 g/mol. The van der Waals surface area contributed by atoms with Crippen molar-refractivity contribution in [2.75, 3.05) is 7.11 Å². The van der Waals surface area contributed by atoms with Crippen LogP contribution in [0.1, 0.15) is 10.4 Å². The van der Waals surface area contributed by atoms with Gasteiger partial charge in [-0.15, -0.1) is 16.4 Å². The summed E-state index contributed by atoms with van der Waals surface area (Å²) < 4.78 is 6.94. The highest BCUT2D eigenvalue weighted by Gasteiger charge is 2.15. The summed E-state index contributed by atoms with van der Waals surface area (Å²) in [4.78, 5) is 16.9. The molecule has 0 aromatic carbocycles. The molecule has 19 heavy (non-hydrogen) atoms. The van der Waals surface area contributed by atoms with Gasteiger partial charge in [-0.3, -0.25) is 0 Å². The van der Waals surface area contributed by atoms with Crippen LogP contribution in [0.4, 0.5) is 0 Å². The molecule has 0 N–H and O–H groups in total. The molecule has 0 fully saturated rings. The van der Waals surface area contributed by atoms with E-state index in [1.54, 1.807) is 28.9 Å². The molecular formula is C12H8ClN3O2S. The smallest absolute Gasteiger partial charge is 0.341 e. The Labute approximate surface area is 117 Å². The maximum absolute atomic E-state index is 11.7. The van der Waals surface area contributed by atoms with Crippen molar-refractivity contribution >= 4 is 34.6 Å². The lowest BCUT2D eigenvalue weighted by molar-refractivity contribution is 0.0602. The molecule has 0 bridgehead atoms. The maximum Gasteiger partial charge on any atom is 0.341 e. The first-order valence-corrected chi connectivity index (χ1v) is 6.58. The second-order valence-corrected chi connectivity index (χ2v) is 5.44. The predicted octanol–water partition coefficient (Wildman–Crippen LogP) is 2.90. The molecule has 7 heteroatoms. The summed E-state index contributed by atoms with van der Waals surface area (Å²) in [7, 11) is 1.34. The summed E-state index contributed by atoms with van der Waals surface area (Å²) in [6.07, 6.45) is 1.73. The minimum absolute atomic E-state index is 0.381. The molecule has 0 saturated heterocycles. The quantitative estimate of drug-likeness (QED) is 0.682. The molecule has 0 amide bonds. The first-order chi connectivity index (χ1) is 9.19. The van der Waals surface area contributed by atoms with Gasteiger partial charge in [0.1, 0.15) is 5.56 Å². The number of carbonyl (C=O) groups is 1. The van der Waals surface area contributed by atoms with E-state index in [1.807, 2.05) is 6.07 Å². The van der Waals surface area contributed by atoms with Crippen LogP contribution in [0, 0.1) is 0 Å². The lowest BCUT2D eigenvalue weighted by Gasteiger charge is -1.98. The first-order valence-electron chi connectivity index (χ1n) is 5.38. The fourth-order valence-electron chi connectivity index (χ4n) is 1.71. The third kappa shape index (κ3) is 2.09. The Hall–Kier alpha value is -1.92. The average Bonchev–Trinajstić information content (AvgIpc) is 3.02. The van der Waals surface area contributed by atoms with Gasteiger partial charge in [0.05, 0.1) is 16.3 Å². The topological polar surface area (TPSA) is 56.5 Å². The van der Waals surface area contributed by atoms with E-state index < -0.39 is 5.97 Å². The molecule has 3 rings (SSSR count). The Balaban J connectivity index is 2.18. The van der Waals surface area contributed by atoms with Gasteiger partial charge in [-0.25, -0.2) is 14.3 Å². The number of fused-ring (bicyclic) bond motifs is 1. The average molecular weight is 294 g/mol. The van der Waals surface area contributed by atoms with Crippen LogP contribution in [0.5, 0.6) is 0 Å². The number of ether oxygens (including phenoxy) is 1. The first kappa shape index (κ1) is 12.1. The van der Waals surface area contributed by atoms with Gasteiger partial charge in [0.25, 0.3) is 0 Å². The Morgan fingerprint density at radius 3 is 2.95 bits per heavy atom. The van der Waals surface area contributed by atoms with Gasteiger partial charge in [-0.2, -0.15) is 0 Å². The molecule has 0 spiro atoms. The molecule has 0 unspecified atom stereocenters. The fourth-order valence-corrected chi connectivity index (χ4v) is 2.69. The lowest BCUT2D eigenvalue weighted by atomic mass is 10.3. The van der Waals surface area contributed by atoms with Gasteiger partial charge >= 0.3 is 5.97 Å². The van der Waals surface area contributed by atoms with Crippen molar-refractivity contribution in [3.8, 4) is 10.7 Å². The minimum Gasteiger partial charge on any atom is -0.465 e. The highest BCUT2D eigenvalue weighted by atomic mass is 35.5. The maximum atomic E-state index is 11.7. The second kappa shape index (κ2) is 4.64. The Kier molecular flexibility index (Phi) is 2.96. The number of pyridine rings is 1. The van der Waals surface area contributed by atoms with E-state index in [9.17, 15) is 4.79 Å². The third-order valence-corrected chi connectivity index (χ3v) is 3.79. The zero-order valence-corrected chi connectivity index (χ0v) is 11.4. The van der Waals surface area contributed by atoms with E-state index in [1.165, 1.54) is 18.4 Å². The summed E-state index contributed by atoms with van der Waals surface area (Å²) in [6, 6.07) is 7.01. The molecule has 0 aliphatic heterocycles. The molecule has 96 valence electrons. The van der Waals surface area contributed by atoms with Crippen molar-refractivity contribution in [1.29, 1.82) is 0 Å². The molecular weight excluding hydrogens is 286 g/mol. The summed E-state index contributed by atoms with van der Waals surface area (Å²) in [5.41, 5.74) is 0.847. The number of nitrogens with zero attached hydrogens (tertiary/aromatic N) is 3. The van der Waals surface area contributed by atoms with Crippen LogP contribution < -0.4 is 0 Å². The van der Waals surface area contributed by atoms with E-state index in [-0.39, 0.29) is 0 Å². The Bertz CT molecular complexity index is 765. The molecule has 0 saturated carbocycles. The van der Waals surface area contributed by atoms with Crippen molar-refractivity contribution in [3.05, 3.63) is 40.4 Å². The van der Waals surface area contributed by atoms with Gasteiger partial charge < -0.3 is 4.74 Å². The van der Waals surface area contributed by atoms with Crippen molar-refractivity contribution in [3.63, 3.8) is 0 Å². The minimum atomic E-state index is -0.436. The Morgan fingerprint density at radius 1 is 1.42 bits per heavy atom. The van der Waals surface area contributed by atoms with Crippen molar-refractivity contribution < 1.29 is 9.53 Å². The molecule has 5 nitrogen and oxygen atoms in total. The van der Waals surface area contributed by atoms with Crippen LogP contribution in [0.15, 0.2) is 30.5 Å². The van der Waals surface area contributed by atoms with Crippen LogP contribution in [-0.2, 0) is 4.74 Å². The number of hydrogen-bond acceptors (Lipinski definition) is 5. The Morgan fingerprint density at radius 2 is 2.26 bits per heavy atom.